The Kier molecular flexibility index (Phi) is 2.65. The van der Waals surface area contributed by atoms with E-state index in [0.29, 0.717) is 19.4 Å². The molecule has 4 atom stereocenters. The van der Waals surface area contributed by atoms with Gasteiger partial charge in [0.15, 0.2) is 0 Å². The predicted octanol–water partition coefficient (Wildman–Crippen LogP) is 0.0259. The van der Waals surface area contributed by atoms with E-state index in [2.05, 4.69) is 5.32 Å². The lowest BCUT2D eigenvalue weighted by atomic mass is 9.75. The second-order valence-electron chi connectivity index (χ2n) is 4.35. The first-order valence-corrected chi connectivity index (χ1v) is 5.05. The van der Waals surface area contributed by atoms with Gasteiger partial charge in [-0.1, -0.05) is 5.92 Å². The van der Waals surface area contributed by atoms with Gasteiger partial charge in [0.25, 0.3) is 0 Å². The van der Waals surface area contributed by atoms with Crippen LogP contribution >= 0.6 is 0 Å². The fraction of sp³-hybridized carbons (Fsp3) is 0.800. The van der Waals surface area contributed by atoms with Crippen LogP contribution in [0.2, 0.25) is 0 Å². The van der Waals surface area contributed by atoms with Crippen molar-refractivity contribution in [1.29, 1.82) is 0 Å². The van der Waals surface area contributed by atoms with Crippen LogP contribution in [0.3, 0.4) is 0 Å². The van der Waals surface area contributed by atoms with Gasteiger partial charge in [0.2, 0.25) is 0 Å². The van der Waals surface area contributed by atoms with E-state index in [4.69, 9.17) is 0 Å². The Hall–Kier alpha value is -0.770. The number of alkyl halides is 3. The zero-order chi connectivity index (χ0) is 12.0. The molecule has 90 valence electrons. The molecule has 0 radical (unpaired) electrons. The van der Waals surface area contributed by atoms with Crippen molar-refractivity contribution in [1.82, 2.24) is 5.32 Å². The summed E-state index contributed by atoms with van der Waals surface area (Å²) in [7, 11) is 0. The van der Waals surface area contributed by atoms with Crippen molar-refractivity contribution in [2.24, 2.45) is 5.92 Å². The Morgan fingerprint density at radius 3 is 2.44 bits per heavy atom. The Balaban J connectivity index is 2.18. The van der Waals surface area contributed by atoms with Crippen LogP contribution in [0.1, 0.15) is 12.8 Å². The molecule has 0 aromatic carbocycles. The quantitative estimate of drug-likeness (QED) is 0.410. The lowest BCUT2D eigenvalue weighted by molar-refractivity contribution is -0.0708. The highest BCUT2D eigenvalue weighted by Crippen LogP contribution is 2.40. The van der Waals surface area contributed by atoms with Crippen molar-refractivity contribution in [2.75, 3.05) is 6.54 Å². The third kappa shape index (κ3) is 2.17. The third-order valence-electron chi connectivity index (χ3n) is 3.22. The Labute approximate surface area is 90.6 Å². The molecule has 0 bridgehead atoms. The summed E-state index contributed by atoms with van der Waals surface area (Å²) < 4.78 is 35.9. The van der Waals surface area contributed by atoms with Crippen molar-refractivity contribution in [3.63, 3.8) is 0 Å². The second-order valence-corrected chi connectivity index (χ2v) is 4.35. The fourth-order valence-corrected chi connectivity index (χ4v) is 2.17. The molecule has 1 saturated carbocycles. The topological polar surface area (TPSA) is 62.4 Å². The normalized spacial score (nSPS) is 42.7. The number of hydrogen-bond acceptors (Lipinski definition) is 3. The molecule has 2 rings (SSSR count). The van der Waals surface area contributed by atoms with Crippen molar-refractivity contribution in [2.45, 2.75) is 36.8 Å². The zero-order valence-electron chi connectivity index (χ0n) is 8.38. The van der Waals surface area contributed by atoms with Crippen LogP contribution in [0.25, 0.3) is 0 Å². The molecular formula is C10H12F3NO2. The minimum atomic E-state index is -4.56. The molecule has 1 saturated heterocycles. The van der Waals surface area contributed by atoms with Gasteiger partial charge in [-0.15, -0.1) is 0 Å². The fourth-order valence-electron chi connectivity index (χ4n) is 2.17. The average Bonchev–Trinajstić information content (AvgIpc) is 2.92. The van der Waals surface area contributed by atoms with Crippen LogP contribution in [0, 0.1) is 17.8 Å². The highest BCUT2D eigenvalue weighted by molar-refractivity contribution is 5.25. The smallest absolute Gasteiger partial charge is 0.390 e. The zero-order valence-corrected chi connectivity index (χ0v) is 8.38. The summed E-state index contributed by atoms with van der Waals surface area (Å²) in [5, 5.41) is 22.0. The maximum atomic E-state index is 12.0. The molecule has 1 heterocycles. The maximum Gasteiger partial charge on any atom is 0.457 e. The number of hydrogen-bond donors (Lipinski definition) is 3. The largest absolute Gasteiger partial charge is 0.457 e. The van der Waals surface area contributed by atoms with Gasteiger partial charge in [0, 0.05) is 18.0 Å². The number of rotatable bonds is 0. The van der Waals surface area contributed by atoms with Crippen LogP contribution < -0.4 is 5.32 Å². The first-order chi connectivity index (χ1) is 7.34. The van der Waals surface area contributed by atoms with Gasteiger partial charge >= 0.3 is 6.18 Å². The molecule has 6 heteroatoms. The molecule has 1 unspecified atom stereocenters. The van der Waals surface area contributed by atoms with Crippen molar-refractivity contribution in [3.8, 4) is 11.8 Å². The van der Waals surface area contributed by atoms with E-state index in [0.717, 1.165) is 0 Å². The van der Waals surface area contributed by atoms with Gasteiger partial charge in [-0.3, -0.25) is 0 Å². The van der Waals surface area contributed by atoms with E-state index in [1.54, 1.807) is 0 Å². The van der Waals surface area contributed by atoms with Crippen LogP contribution in [0.5, 0.6) is 0 Å². The molecule has 1 spiro atoms. The summed E-state index contributed by atoms with van der Waals surface area (Å²) in [5.74, 6) is 2.37. The molecule has 0 aromatic rings. The first-order valence-electron chi connectivity index (χ1n) is 5.05. The highest BCUT2D eigenvalue weighted by atomic mass is 19.4. The minimum Gasteiger partial charge on any atom is -0.390 e. The summed E-state index contributed by atoms with van der Waals surface area (Å²) >= 11 is 0. The molecule has 0 aromatic heterocycles. The van der Waals surface area contributed by atoms with E-state index in [1.807, 2.05) is 5.92 Å². The Morgan fingerprint density at radius 1 is 1.31 bits per heavy atom. The van der Waals surface area contributed by atoms with Gasteiger partial charge in [0.05, 0.1) is 18.1 Å². The Bertz CT molecular complexity index is 340. The maximum absolute atomic E-state index is 12.0. The van der Waals surface area contributed by atoms with Crippen LogP contribution in [-0.2, 0) is 0 Å². The summed E-state index contributed by atoms with van der Waals surface area (Å²) in [6.45, 7) is 0.550. The lowest BCUT2D eigenvalue weighted by Crippen LogP contribution is -2.48. The van der Waals surface area contributed by atoms with E-state index in [1.165, 1.54) is 5.92 Å². The summed E-state index contributed by atoms with van der Waals surface area (Å²) in [6.07, 6.45) is -5.82. The molecule has 2 fully saturated rings. The van der Waals surface area contributed by atoms with Crippen LogP contribution in [0.4, 0.5) is 13.2 Å². The first kappa shape index (κ1) is 11.7. The summed E-state index contributed by atoms with van der Waals surface area (Å²) in [6, 6.07) is 0. The standard InChI is InChI=1S/C10H12F3NO2/c11-10(12,13)4-1-6-8(16)7(15)2-3-9(6)5-14-9/h6-8,14-16H,2-3,5H2/t6-,7-,8-,9?/m1/s1. The highest BCUT2D eigenvalue weighted by Gasteiger charge is 2.55. The van der Waals surface area contributed by atoms with Gasteiger partial charge < -0.3 is 15.5 Å². The van der Waals surface area contributed by atoms with E-state index in [9.17, 15) is 23.4 Å². The molecule has 2 aliphatic rings. The minimum absolute atomic E-state index is 0.387. The van der Waals surface area contributed by atoms with Gasteiger partial charge in [0.1, 0.15) is 0 Å². The summed E-state index contributed by atoms with van der Waals surface area (Å²) in [4.78, 5) is 0. The van der Waals surface area contributed by atoms with Crippen LogP contribution in [-0.4, -0.2) is 40.7 Å². The third-order valence-corrected chi connectivity index (χ3v) is 3.22. The van der Waals surface area contributed by atoms with Gasteiger partial charge in [-0.25, -0.2) is 0 Å². The van der Waals surface area contributed by atoms with Gasteiger partial charge in [-0.05, 0) is 12.8 Å². The molecule has 3 nitrogen and oxygen atoms in total. The molecule has 0 amide bonds. The van der Waals surface area contributed by atoms with E-state index in [-0.39, 0.29) is 0 Å². The monoisotopic (exact) mass is 235 g/mol. The second kappa shape index (κ2) is 3.62. The number of aliphatic hydroxyl groups excluding tert-OH is 2. The molecule has 1 aliphatic heterocycles. The van der Waals surface area contributed by atoms with E-state index >= 15 is 0 Å². The Morgan fingerprint density at radius 2 is 1.94 bits per heavy atom. The van der Waals surface area contributed by atoms with Crippen molar-refractivity contribution in [3.05, 3.63) is 0 Å². The molecule has 1 aliphatic carbocycles. The van der Waals surface area contributed by atoms with Crippen molar-refractivity contribution >= 4 is 0 Å². The van der Waals surface area contributed by atoms with Gasteiger partial charge in [-0.2, -0.15) is 13.2 Å². The average molecular weight is 235 g/mol. The van der Waals surface area contributed by atoms with E-state index < -0.39 is 29.8 Å². The van der Waals surface area contributed by atoms with Crippen molar-refractivity contribution < 1.29 is 23.4 Å². The van der Waals surface area contributed by atoms with Crippen LogP contribution in [0.15, 0.2) is 0 Å². The number of aliphatic hydroxyl groups is 2. The predicted molar refractivity (Wildman–Crippen MR) is 49.3 cm³/mol. The number of nitrogens with one attached hydrogen (secondary N) is 1. The lowest BCUT2D eigenvalue weighted by Gasteiger charge is -2.34. The number of halogens is 3. The SMILES string of the molecule is O[C@H]1[C@H](O)CCC2(CN2)[C@@H]1C#CC(F)(F)F. The molecule has 3 N–H and O–H groups in total. The molecular weight excluding hydrogens is 223 g/mol. The molecule has 16 heavy (non-hydrogen) atoms. The summed E-state index contributed by atoms with van der Waals surface area (Å²) in [5.41, 5.74) is -0.517.